The highest BCUT2D eigenvalue weighted by atomic mass is 79.9. The van der Waals surface area contributed by atoms with Gasteiger partial charge in [0.1, 0.15) is 0 Å². The molecule has 0 spiro atoms. The predicted molar refractivity (Wildman–Crippen MR) is 55.6 cm³/mol. The summed E-state index contributed by atoms with van der Waals surface area (Å²) in [5, 5.41) is 0. The van der Waals surface area contributed by atoms with Crippen LogP contribution in [-0.2, 0) is 0 Å². The summed E-state index contributed by atoms with van der Waals surface area (Å²) < 4.78 is 5.94. The lowest BCUT2D eigenvalue weighted by atomic mass is 10.1. The van der Waals surface area contributed by atoms with E-state index in [0.717, 1.165) is 10.0 Å². The third-order valence-electron chi connectivity index (χ3n) is 1.65. The van der Waals surface area contributed by atoms with Gasteiger partial charge in [0.25, 0.3) is 0 Å². The van der Waals surface area contributed by atoms with Crippen LogP contribution in [0.25, 0.3) is 0 Å². The van der Waals surface area contributed by atoms with Crippen LogP contribution in [0.2, 0.25) is 0 Å². The lowest BCUT2D eigenvalue weighted by Gasteiger charge is -2.10. The van der Waals surface area contributed by atoms with Crippen molar-refractivity contribution in [1.82, 2.24) is 4.98 Å². The number of rotatable bonds is 3. The van der Waals surface area contributed by atoms with Crippen molar-refractivity contribution in [2.45, 2.75) is 6.04 Å². The maximum absolute atomic E-state index is 5.78. The Hall–Kier alpha value is -0.870. The first-order chi connectivity index (χ1) is 6.19. The van der Waals surface area contributed by atoms with E-state index in [4.69, 9.17) is 10.5 Å². The van der Waals surface area contributed by atoms with Gasteiger partial charge in [-0.25, -0.2) is 4.98 Å². The largest absolute Gasteiger partial charge is 0.481 e. The van der Waals surface area contributed by atoms with Gasteiger partial charge >= 0.3 is 0 Å². The van der Waals surface area contributed by atoms with Gasteiger partial charge in [0.15, 0.2) is 0 Å². The first-order valence-electron chi connectivity index (χ1n) is 3.76. The van der Waals surface area contributed by atoms with E-state index in [0.29, 0.717) is 5.88 Å². The topological polar surface area (TPSA) is 48.1 Å². The number of ether oxygens (including phenoxy) is 1. The first kappa shape index (κ1) is 10.2. The van der Waals surface area contributed by atoms with Gasteiger partial charge in [0, 0.05) is 16.2 Å². The number of nitrogens with two attached hydrogens (primary N) is 1. The molecular weight excluding hydrogens is 232 g/mol. The highest BCUT2D eigenvalue weighted by Crippen LogP contribution is 2.24. The molecule has 2 N–H and O–H groups in total. The molecule has 1 rings (SSSR count). The summed E-state index contributed by atoms with van der Waals surface area (Å²) in [6, 6.07) is 1.62. The minimum absolute atomic E-state index is 0.250. The fraction of sp³-hybridized carbons (Fsp3) is 0.222. The molecule has 0 saturated carbocycles. The molecule has 0 aliphatic rings. The average molecular weight is 243 g/mol. The van der Waals surface area contributed by atoms with Crippen LogP contribution in [0.5, 0.6) is 5.88 Å². The Morgan fingerprint density at radius 2 is 2.46 bits per heavy atom. The zero-order valence-electron chi connectivity index (χ0n) is 7.33. The SMILES string of the molecule is C=C[C@@H](N)c1cc(Br)cnc1OC. The summed E-state index contributed by atoms with van der Waals surface area (Å²) in [6.45, 7) is 3.62. The third-order valence-corrected chi connectivity index (χ3v) is 2.09. The Morgan fingerprint density at radius 1 is 1.77 bits per heavy atom. The Balaban J connectivity index is 3.14. The van der Waals surface area contributed by atoms with E-state index in [1.165, 1.54) is 0 Å². The van der Waals surface area contributed by atoms with Crippen molar-refractivity contribution in [3.63, 3.8) is 0 Å². The van der Waals surface area contributed by atoms with Crippen LogP contribution < -0.4 is 10.5 Å². The number of aromatic nitrogens is 1. The Bertz CT molecular complexity index is 314. The summed E-state index contributed by atoms with van der Waals surface area (Å²) >= 11 is 3.32. The van der Waals surface area contributed by atoms with Crippen LogP contribution in [0.1, 0.15) is 11.6 Å². The number of halogens is 1. The molecule has 70 valence electrons. The molecule has 3 nitrogen and oxygen atoms in total. The van der Waals surface area contributed by atoms with E-state index < -0.39 is 0 Å². The minimum Gasteiger partial charge on any atom is -0.481 e. The van der Waals surface area contributed by atoms with Crippen molar-refractivity contribution in [3.8, 4) is 5.88 Å². The number of hydrogen-bond donors (Lipinski definition) is 1. The van der Waals surface area contributed by atoms with Crippen LogP contribution >= 0.6 is 15.9 Å². The second-order valence-corrected chi connectivity index (χ2v) is 3.43. The van der Waals surface area contributed by atoms with Crippen LogP contribution in [0.3, 0.4) is 0 Å². The monoisotopic (exact) mass is 242 g/mol. The molecule has 1 aromatic heterocycles. The fourth-order valence-electron chi connectivity index (χ4n) is 0.979. The van der Waals surface area contributed by atoms with Crippen molar-refractivity contribution in [3.05, 3.63) is 35.0 Å². The van der Waals surface area contributed by atoms with E-state index in [1.807, 2.05) is 6.07 Å². The Labute approximate surface area is 85.7 Å². The van der Waals surface area contributed by atoms with Gasteiger partial charge in [0.2, 0.25) is 5.88 Å². The van der Waals surface area contributed by atoms with Crippen LogP contribution in [-0.4, -0.2) is 12.1 Å². The van der Waals surface area contributed by atoms with Gasteiger partial charge in [-0.15, -0.1) is 6.58 Å². The second kappa shape index (κ2) is 4.39. The van der Waals surface area contributed by atoms with Crippen LogP contribution in [0.4, 0.5) is 0 Å². The zero-order chi connectivity index (χ0) is 9.84. The third kappa shape index (κ3) is 2.29. The molecule has 1 aromatic rings. The first-order valence-corrected chi connectivity index (χ1v) is 4.56. The molecule has 0 aliphatic carbocycles. The molecule has 0 saturated heterocycles. The van der Waals surface area contributed by atoms with Gasteiger partial charge in [-0.05, 0) is 22.0 Å². The standard InChI is InChI=1S/C9H11BrN2O/c1-3-8(11)7-4-6(10)5-12-9(7)13-2/h3-5,8H,1,11H2,2H3/t8-/m1/s1. The normalized spacial score (nSPS) is 12.2. The molecule has 0 fully saturated rings. The maximum Gasteiger partial charge on any atom is 0.218 e. The van der Waals surface area contributed by atoms with Gasteiger partial charge < -0.3 is 10.5 Å². The maximum atomic E-state index is 5.78. The van der Waals surface area contributed by atoms with Crippen molar-refractivity contribution in [1.29, 1.82) is 0 Å². The van der Waals surface area contributed by atoms with Crippen molar-refractivity contribution in [2.24, 2.45) is 5.73 Å². The van der Waals surface area contributed by atoms with Crippen LogP contribution in [0.15, 0.2) is 29.4 Å². The van der Waals surface area contributed by atoms with Gasteiger partial charge in [-0.1, -0.05) is 6.08 Å². The minimum atomic E-state index is -0.250. The Morgan fingerprint density at radius 3 is 3.00 bits per heavy atom. The van der Waals surface area contributed by atoms with Crippen LogP contribution in [0, 0.1) is 0 Å². The molecule has 0 amide bonds. The zero-order valence-corrected chi connectivity index (χ0v) is 8.91. The summed E-state index contributed by atoms with van der Waals surface area (Å²) in [5.74, 6) is 0.538. The van der Waals surface area contributed by atoms with Gasteiger partial charge in [0.05, 0.1) is 13.2 Å². The van der Waals surface area contributed by atoms with E-state index in [9.17, 15) is 0 Å². The smallest absolute Gasteiger partial charge is 0.218 e. The number of methoxy groups -OCH3 is 1. The molecule has 1 atom stereocenters. The quantitative estimate of drug-likeness (QED) is 0.826. The molecule has 13 heavy (non-hydrogen) atoms. The average Bonchev–Trinajstić information content (AvgIpc) is 2.16. The predicted octanol–water partition coefficient (Wildman–Crippen LogP) is 2.04. The summed E-state index contributed by atoms with van der Waals surface area (Å²) in [6.07, 6.45) is 3.31. The lowest BCUT2D eigenvalue weighted by molar-refractivity contribution is 0.391. The summed E-state index contributed by atoms with van der Waals surface area (Å²) in [5.41, 5.74) is 6.61. The van der Waals surface area contributed by atoms with Gasteiger partial charge in [-0.2, -0.15) is 0 Å². The number of hydrogen-bond acceptors (Lipinski definition) is 3. The number of pyridine rings is 1. The summed E-state index contributed by atoms with van der Waals surface area (Å²) in [7, 11) is 1.57. The van der Waals surface area contributed by atoms with E-state index >= 15 is 0 Å². The molecular formula is C9H11BrN2O. The van der Waals surface area contributed by atoms with Crippen molar-refractivity contribution < 1.29 is 4.74 Å². The van der Waals surface area contributed by atoms with E-state index in [-0.39, 0.29) is 6.04 Å². The number of nitrogens with zero attached hydrogens (tertiary/aromatic N) is 1. The molecule has 0 aromatic carbocycles. The van der Waals surface area contributed by atoms with Gasteiger partial charge in [-0.3, -0.25) is 0 Å². The molecule has 0 bridgehead atoms. The molecule has 1 heterocycles. The van der Waals surface area contributed by atoms with E-state index in [1.54, 1.807) is 19.4 Å². The highest BCUT2D eigenvalue weighted by Gasteiger charge is 2.10. The lowest BCUT2D eigenvalue weighted by Crippen LogP contribution is -2.09. The molecule has 0 radical (unpaired) electrons. The molecule has 0 aliphatic heterocycles. The second-order valence-electron chi connectivity index (χ2n) is 2.51. The van der Waals surface area contributed by atoms with Crippen molar-refractivity contribution >= 4 is 15.9 Å². The fourth-order valence-corrected chi connectivity index (χ4v) is 1.33. The summed E-state index contributed by atoms with van der Waals surface area (Å²) in [4.78, 5) is 4.07. The van der Waals surface area contributed by atoms with E-state index in [2.05, 4.69) is 27.5 Å². The molecule has 0 unspecified atom stereocenters. The Kier molecular flexibility index (Phi) is 3.45. The van der Waals surface area contributed by atoms with Crippen molar-refractivity contribution in [2.75, 3.05) is 7.11 Å². The highest BCUT2D eigenvalue weighted by molar-refractivity contribution is 9.10. The molecule has 4 heteroatoms.